The Labute approximate surface area is 137 Å². The highest BCUT2D eigenvalue weighted by atomic mass is 35.5. The van der Waals surface area contributed by atoms with Gasteiger partial charge >= 0.3 is 0 Å². The highest BCUT2D eigenvalue weighted by Gasteiger charge is 2.31. The molecule has 1 amide bonds. The van der Waals surface area contributed by atoms with Gasteiger partial charge in [0.25, 0.3) is 0 Å². The Morgan fingerprint density at radius 2 is 1.95 bits per heavy atom. The summed E-state index contributed by atoms with van der Waals surface area (Å²) >= 11 is 6.41. The zero-order valence-electron chi connectivity index (χ0n) is 13.1. The van der Waals surface area contributed by atoms with Gasteiger partial charge in [0.2, 0.25) is 5.91 Å². The van der Waals surface area contributed by atoms with Gasteiger partial charge in [0.1, 0.15) is 0 Å². The van der Waals surface area contributed by atoms with Crippen LogP contribution in [0.2, 0.25) is 5.02 Å². The highest BCUT2D eigenvalue weighted by Crippen LogP contribution is 2.30. The van der Waals surface area contributed by atoms with Crippen molar-refractivity contribution in [1.82, 2.24) is 15.1 Å². The molecule has 0 radical (unpaired) electrons. The van der Waals surface area contributed by atoms with Crippen molar-refractivity contribution in [2.45, 2.75) is 18.9 Å². The van der Waals surface area contributed by atoms with E-state index in [-0.39, 0.29) is 17.9 Å². The van der Waals surface area contributed by atoms with Gasteiger partial charge in [-0.05, 0) is 31.5 Å². The molecular weight excluding hydrogens is 298 g/mol. The van der Waals surface area contributed by atoms with Crippen molar-refractivity contribution in [3.63, 3.8) is 0 Å². The third-order valence-corrected chi connectivity index (χ3v) is 5.00. The molecule has 1 heterocycles. The number of likely N-dealkylation sites (N-methyl/N-ethyl adjacent to an activating group) is 1. The van der Waals surface area contributed by atoms with Crippen LogP contribution in [0.1, 0.15) is 24.4 Å². The van der Waals surface area contributed by atoms with Crippen LogP contribution in [0.15, 0.2) is 24.3 Å². The quantitative estimate of drug-likeness (QED) is 0.902. The Balaban J connectivity index is 1.72. The van der Waals surface area contributed by atoms with Crippen LogP contribution in [-0.4, -0.2) is 55.5 Å². The first kappa shape index (κ1) is 15.8. The number of hydrogen-bond donors (Lipinski definition) is 1. The van der Waals surface area contributed by atoms with Crippen molar-refractivity contribution < 1.29 is 4.79 Å². The Morgan fingerprint density at radius 3 is 2.59 bits per heavy atom. The molecular formula is C17H24ClN3O. The number of nitrogens with one attached hydrogen (secondary N) is 1. The number of carbonyl (C=O) groups is 1. The third kappa shape index (κ3) is 3.80. The normalized spacial score (nSPS) is 21.5. The van der Waals surface area contributed by atoms with E-state index in [0.717, 1.165) is 49.6 Å². The maximum atomic E-state index is 12.0. The Bertz CT molecular complexity index is 524. The summed E-state index contributed by atoms with van der Waals surface area (Å²) in [5.74, 6) is 0.450. The SMILES string of the molecule is CN1CCN(C(CNC(=O)C2CC2)c2ccccc2Cl)CC1. The van der Waals surface area contributed by atoms with E-state index >= 15 is 0 Å². The monoisotopic (exact) mass is 321 g/mol. The molecule has 1 aromatic carbocycles. The second kappa shape index (κ2) is 6.99. The van der Waals surface area contributed by atoms with Gasteiger partial charge in [-0.15, -0.1) is 0 Å². The fraction of sp³-hybridized carbons (Fsp3) is 0.588. The molecule has 1 aliphatic carbocycles. The van der Waals surface area contributed by atoms with E-state index in [1.54, 1.807) is 0 Å². The first-order valence-corrected chi connectivity index (χ1v) is 8.47. The summed E-state index contributed by atoms with van der Waals surface area (Å²) in [6, 6.07) is 8.14. The van der Waals surface area contributed by atoms with Crippen LogP contribution in [0, 0.1) is 5.92 Å². The van der Waals surface area contributed by atoms with Crippen molar-refractivity contribution in [3.8, 4) is 0 Å². The number of piperazine rings is 1. The fourth-order valence-corrected chi connectivity index (χ4v) is 3.26. The number of amides is 1. The zero-order valence-corrected chi connectivity index (χ0v) is 13.9. The topological polar surface area (TPSA) is 35.6 Å². The number of halogens is 1. The smallest absolute Gasteiger partial charge is 0.223 e. The van der Waals surface area contributed by atoms with E-state index < -0.39 is 0 Å². The van der Waals surface area contributed by atoms with Crippen LogP contribution in [-0.2, 0) is 4.79 Å². The van der Waals surface area contributed by atoms with Gasteiger partial charge in [0.05, 0.1) is 6.04 Å². The maximum Gasteiger partial charge on any atom is 0.223 e. The summed E-state index contributed by atoms with van der Waals surface area (Å²) in [4.78, 5) is 16.8. The lowest BCUT2D eigenvalue weighted by Crippen LogP contribution is -2.48. The highest BCUT2D eigenvalue weighted by molar-refractivity contribution is 6.31. The molecule has 0 bridgehead atoms. The minimum Gasteiger partial charge on any atom is -0.354 e. The van der Waals surface area contributed by atoms with E-state index in [1.165, 1.54) is 0 Å². The first-order valence-electron chi connectivity index (χ1n) is 8.10. The molecule has 5 heteroatoms. The minimum atomic E-state index is 0.157. The van der Waals surface area contributed by atoms with E-state index in [4.69, 9.17) is 11.6 Å². The van der Waals surface area contributed by atoms with Crippen molar-refractivity contribution in [2.24, 2.45) is 5.92 Å². The molecule has 0 spiro atoms. The lowest BCUT2D eigenvalue weighted by molar-refractivity contribution is -0.122. The van der Waals surface area contributed by atoms with Crippen LogP contribution in [0.25, 0.3) is 0 Å². The van der Waals surface area contributed by atoms with E-state index in [0.29, 0.717) is 6.54 Å². The Hall–Kier alpha value is -1.10. The molecule has 1 unspecified atom stereocenters. The summed E-state index contributed by atoms with van der Waals surface area (Å²) in [5, 5.41) is 3.91. The molecule has 4 nitrogen and oxygen atoms in total. The molecule has 1 saturated carbocycles. The van der Waals surface area contributed by atoms with Crippen LogP contribution in [0.5, 0.6) is 0 Å². The number of rotatable bonds is 5. The third-order valence-electron chi connectivity index (χ3n) is 4.66. The van der Waals surface area contributed by atoms with Crippen LogP contribution < -0.4 is 5.32 Å². The van der Waals surface area contributed by atoms with Crippen molar-refractivity contribution in [3.05, 3.63) is 34.9 Å². The number of hydrogen-bond acceptors (Lipinski definition) is 3. The standard InChI is InChI=1S/C17H24ClN3O/c1-20-8-10-21(11-9-20)16(12-19-17(22)13-6-7-13)14-4-2-3-5-15(14)18/h2-5,13,16H,6-12H2,1H3,(H,19,22). The molecule has 22 heavy (non-hydrogen) atoms. The lowest BCUT2D eigenvalue weighted by Gasteiger charge is -2.38. The van der Waals surface area contributed by atoms with E-state index in [2.05, 4.69) is 28.2 Å². The van der Waals surface area contributed by atoms with E-state index in [1.807, 2.05) is 18.2 Å². The molecule has 120 valence electrons. The molecule has 3 rings (SSSR count). The lowest BCUT2D eigenvalue weighted by atomic mass is 10.0. The number of benzene rings is 1. The van der Waals surface area contributed by atoms with Gasteiger partial charge in [-0.25, -0.2) is 0 Å². The van der Waals surface area contributed by atoms with Gasteiger partial charge in [0, 0.05) is 43.7 Å². The number of nitrogens with zero attached hydrogens (tertiary/aromatic N) is 2. The average Bonchev–Trinajstić information content (AvgIpc) is 3.35. The predicted molar refractivity (Wildman–Crippen MR) is 89.0 cm³/mol. The second-order valence-corrected chi connectivity index (χ2v) is 6.80. The van der Waals surface area contributed by atoms with Crippen LogP contribution >= 0.6 is 11.6 Å². The summed E-state index contributed by atoms with van der Waals surface area (Å²) in [5.41, 5.74) is 1.12. The second-order valence-electron chi connectivity index (χ2n) is 6.40. The molecule has 1 aromatic rings. The fourth-order valence-electron chi connectivity index (χ4n) is 3.00. The molecule has 1 atom stereocenters. The zero-order chi connectivity index (χ0) is 15.5. The van der Waals surface area contributed by atoms with Crippen LogP contribution in [0.4, 0.5) is 0 Å². The Morgan fingerprint density at radius 1 is 1.27 bits per heavy atom. The summed E-state index contributed by atoms with van der Waals surface area (Å²) in [7, 11) is 2.15. The Kier molecular flexibility index (Phi) is 5.01. The average molecular weight is 322 g/mol. The van der Waals surface area contributed by atoms with Gasteiger partial charge < -0.3 is 10.2 Å². The maximum absolute atomic E-state index is 12.0. The van der Waals surface area contributed by atoms with Crippen molar-refractivity contribution in [2.75, 3.05) is 39.8 Å². The van der Waals surface area contributed by atoms with Crippen LogP contribution in [0.3, 0.4) is 0 Å². The van der Waals surface area contributed by atoms with Gasteiger partial charge in [-0.1, -0.05) is 29.8 Å². The summed E-state index contributed by atoms with van der Waals surface area (Å²) in [6.45, 7) is 4.76. The molecule has 2 aliphatic rings. The molecule has 1 N–H and O–H groups in total. The predicted octanol–water partition coefficient (Wildman–Crippen LogP) is 2.15. The number of carbonyl (C=O) groups excluding carboxylic acids is 1. The molecule has 2 fully saturated rings. The van der Waals surface area contributed by atoms with Gasteiger partial charge in [0.15, 0.2) is 0 Å². The molecule has 0 aromatic heterocycles. The summed E-state index contributed by atoms with van der Waals surface area (Å²) in [6.07, 6.45) is 2.08. The first-order chi connectivity index (χ1) is 10.6. The summed E-state index contributed by atoms with van der Waals surface area (Å²) < 4.78 is 0. The largest absolute Gasteiger partial charge is 0.354 e. The molecule has 1 saturated heterocycles. The van der Waals surface area contributed by atoms with E-state index in [9.17, 15) is 4.79 Å². The van der Waals surface area contributed by atoms with Crippen molar-refractivity contribution in [1.29, 1.82) is 0 Å². The van der Waals surface area contributed by atoms with Gasteiger partial charge in [-0.2, -0.15) is 0 Å². The molecule has 1 aliphatic heterocycles. The minimum absolute atomic E-state index is 0.157. The van der Waals surface area contributed by atoms with Gasteiger partial charge in [-0.3, -0.25) is 9.69 Å². The van der Waals surface area contributed by atoms with Crippen molar-refractivity contribution >= 4 is 17.5 Å².